The van der Waals surface area contributed by atoms with Gasteiger partial charge in [-0.2, -0.15) is 0 Å². The van der Waals surface area contributed by atoms with Crippen LogP contribution in [0.5, 0.6) is 5.75 Å². The number of likely N-dealkylation sites (N-methyl/N-ethyl adjacent to an activating group) is 1. The van der Waals surface area contributed by atoms with Crippen molar-refractivity contribution in [2.45, 2.75) is 18.6 Å². The molecule has 2 saturated heterocycles. The highest BCUT2D eigenvalue weighted by Crippen LogP contribution is 2.28. The van der Waals surface area contributed by atoms with E-state index in [-0.39, 0.29) is 18.1 Å². The second-order valence-electron chi connectivity index (χ2n) is 5.88. The van der Waals surface area contributed by atoms with Gasteiger partial charge in [-0.25, -0.2) is 0 Å². The van der Waals surface area contributed by atoms with Crippen molar-refractivity contribution in [1.82, 2.24) is 9.80 Å². The molecule has 6 heteroatoms. The van der Waals surface area contributed by atoms with Gasteiger partial charge >= 0.3 is 0 Å². The summed E-state index contributed by atoms with van der Waals surface area (Å²) < 4.78 is 11.1. The van der Waals surface area contributed by atoms with Gasteiger partial charge in [0.1, 0.15) is 5.75 Å². The fourth-order valence-electron chi connectivity index (χ4n) is 3.24. The minimum absolute atomic E-state index is 0.0172. The van der Waals surface area contributed by atoms with Gasteiger partial charge in [0.05, 0.1) is 30.9 Å². The van der Waals surface area contributed by atoms with E-state index in [4.69, 9.17) is 21.1 Å². The van der Waals surface area contributed by atoms with Crippen molar-refractivity contribution in [2.24, 2.45) is 0 Å². The first-order chi connectivity index (χ1) is 10.6. The molecule has 1 amide bonds. The maximum atomic E-state index is 12.9. The van der Waals surface area contributed by atoms with Gasteiger partial charge in [-0.1, -0.05) is 11.6 Å². The fraction of sp³-hybridized carbons (Fsp3) is 0.562. The summed E-state index contributed by atoms with van der Waals surface area (Å²) in [5, 5.41) is 0.510. The standard InChI is InChI=1S/C16H21ClN2O3/c1-18-6-5-14-13(10-18)19(7-8-22-14)16(20)11-3-4-12(17)15(9-11)21-2/h3-4,9,13-14H,5-8,10H2,1-2H3. The third-order valence-corrected chi connectivity index (χ3v) is 4.76. The molecule has 0 aliphatic carbocycles. The summed E-state index contributed by atoms with van der Waals surface area (Å²) in [4.78, 5) is 17.1. The number of rotatable bonds is 2. The van der Waals surface area contributed by atoms with Gasteiger partial charge in [-0.3, -0.25) is 4.79 Å². The number of hydrogen-bond acceptors (Lipinski definition) is 4. The van der Waals surface area contributed by atoms with Crippen LogP contribution in [0.3, 0.4) is 0 Å². The molecule has 2 heterocycles. The summed E-state index contributed by atoms with van der Waals surface area (Å²) >= 11 is 6.04. The van der Waals surface area contributed by atoms with E-state index in [0.29, 0.717) is 29.5 Å². The van der Waals surface area contributed by atoms with Crippen LogP contribution in [0, 0.1) is 0 Å². The Kier molecular flexibility index (Phi) is 4.57. The predicted octanol–water partition coefficient (Wildman–Crippen LogP) is 1.89. The Morgan fingerprint density at radius 1 is 1.41 bits per heavy atom. The monoisotopic (exact) mass is 324 g/mol. The summed E-state index contributed by atoms with van der Waals surface area (Å²) in [6.45, 7) is 3.08. The summed E-state index contributed by atoms with van der Waals surface area (Å²) in [6, 6.07) is 5.28. The molecule has 1 aromatic rings. The maximum absolute atomic E-state index is 12.9. The fourth-order valence-corrected chi connectivity index (χ4v) is 3.44. The van der Waals surface area contributed by atoms with Crippen LogP contribution in [-0.4, -0.2) is 68.3 Å². The van der Waals surface area contributed by atoms with E-state index in [1.165, 1.54) is 0 Å². The van der Waals surface area contributed by atoms with Crippen molar-refractivity contribution in [3.05, 3.63) is 28.8 Å². The van der Waals surface area contributed by atoms with Crippen molar-refractivity contribution >= 4 is 17.5 Å². The molecule has 0 saturated carbocycles. The number of methoxy groups -OCH3 is 1. The predicted molar refractivity (Wildman–Crippen MR) is 84.7 cm³/mol. The third-order valence-electron chi connectivity index (χ3n) is 4.45. The highest BCUT2D eigenvalue weighted by molar-refractivity contribution is 6.32. The number of amides is 1. The Hall–Kier alpha value is -1.30. The molecule has 22 heavy (non-hydrogen) atoms. The topological polar surface area (TPSA) is 42.0 Å². The zero-order valence-corrected chi connectivity index (χ0v) is 13.7. The number of morpholine rings is 1. The number of carbonyl (C=O) groups excluding carboxylic acids is 1. The number of halogens is 1. The summed E-state index contributed by atoms with van der Waals surface area (Å²) in [6.07, 6.45) is 1.11. The zero-order valence-electron chi connectivity index (χ0n) is 12.9. The number of benzene rings is 1. The molecule has 2 atom stereocenters. The maximum Gasteiger partial charge on any atom is 0.254 e. The van der Waals surface area contributed by atoms with Crippen molar-refractivity contribution < 1.29 is 14.3 Å². The van der Waals surface area contributed by atoms with E-state index in [2.05, 4.69) is 11.9 Å². The summed E-state index contributed by atoms with van der Waals surface area (Å²) in [5.41, 5.74) is 0.607. The van der Waals surface area contributed by atoms with Crippen LogP contribution in [0.4, 0.5) is 0 Å². The van der Waals surface area contributed by atoms with Crippen LogP contribution in [0.1, 0.15) is 16.8 Å². The second-order valence-corrected chi connectivity index (χ2v) is 6.28. The number of fused-ring (bicyclic) bond motifs is 1. The molecule has 2 aliphatic rings. The minimum atomic E-state index is 0.0172. The lowest BCUT2D eigenvalue weighted by Gasteiger charge is -2.46. The number of carbonyl (C=O) groups is 1. The number of piperidine rings is 1. The van der Waals surface area contributed by atoms with E-state index in [1.807, 2.05) is 4.90 Å². The van der Waals surface area contributed by atoms with Crippen LogP contribution in [0.2, 0.25) is 5.02 Å². The first-order valence-electron chi connectivity index (χ1n) is 7.55. The molecule has 120 valence electrons. The average Bonchev–Trinajstić information content (AvgIpc) is 2.54. The summed E-state index contributed by atoms with van der Waals surface area (Å²) in [7, 11) is 3.63. The van der Waals surface area contributed by atoms with Crippen LogP contribution in [0.25, 0.3) is 0 Å². The van der Waals surface area contributed by atoms with Crippen molar-refractivity contribution in [3.63, 3.8) is 0 Å². The van der Waals surface area contributed by atoms with Gasteiger partial charge in [0, 0.05) is 25.2 Å². The molecular formula is C16H21ClN2O3. The lowest BCUT2D eigenvalue weighted by molar-refractivity contribution is -0.0869. The van der Waals surface area contributed by atoms with Crippen molar-refractivity contribution in [1.29, 1.82) is 0 Å². The molecule has 0 radical (unpaired) electrons. The Labute approximate surface area is 135 Å². The quantitative estimate of drug-likeness (QED) is 0.833. The molecule has 0 aromatic heterocycles. The second kappa shape index (κ2) is 6.44. The van der Waals surface area contributed by atoms with Gasteiger partial charge in [0.15, 0.2) is 0 Å². The molecule has 3 rings (SSSR count). The molecule has 2 fully saturated rings. The number of hydrogen-bond donors (Lipinski definition) is 0. The van der Waals surface area contributed by atoms with Crippen molar-refractivity contribution in [2.75, 3.05) is 40.4 Å². The molecule has 0 N–H and O–H groups in total. The van der Waals surface area contributed by atoms with Crippen LogP contribution < -0.4 is 4.74 Å². The number of ether oxygens (including phenoxy) is 2. The molecule has 1 aromatic carbocycles. The SMILES string of the molecule is COc1cc(C(=O)N2CCOC3CCN(C)CC32)ccc1Cl. The Bertz CT molecular complexity index is 566. The normalized spacial score (nSPS) is 25.7. The van der Waals surface area contributed by atoms with Gasteiger partial charge in [-0.15, -0.1) is 0 Å². The molecule has 2 unspecified atom stereocenters. The van der Waals surface area contributed by atoms with Crippen molar-refractivity contribution in [3.8, 4) is 5.75 Å². The Balaban J connectivity index is 1.84. The lowest BCUT2D eigenvalue weighted by Crippen LogP contribution is -2.60. The zero-order chi connectivity index (χ0) is 15.7. The van der Waals surface area contributed by atoms with E-state index < -0.39 is 0 Å². The summed E-state index contributed by atoms with van der Waals surface area (Å²) in [5.74, 6) is 0.543. The van der Waals surface area contributed by atoms with E-state index in [9.17, 15) is 4.79 Å². The van der Waals surface area contributed by atoms with Crippen LogP contribution >= 0.6 is 11.6 Å². The largest absolute Gasteiger partial charge is 0.495 e. The number of likely N-dealkylation sites (tertiary alicyclic amines) is 1. The Morgan fingerprint density at radius 2 is 2.23 bits per heavy atom. The minimum Gasteiger partial charge on any atom is -0.495 e. The smallest absolute Gasteiger partial charge is 0.254 e. The first-order valence-corrected chi connectivity index (χ1v) is 7.92. The van der Waals surface area contributed by atoms with E-state index in [1.54, 1.807) is 25.3 Å². The lowest BCUT2D eigenvalue weighted by atomic mass is 9.98. The van der Waals surface area contributed by atoms with Gasteiger partial charge in [-0.05, 0) is 31.7 Å². The highest BCUT2D eigenvalue weighted by atomic mass is 35.5. The average molecular weight is 325 g/mol. The molecule has 5 nitrogen and oxygen atoms in total. The third kappa shape index (κ3) is 2.93. The molecule has 0 spiro atoms. The van der Waals surface area contributed by atoms with E-state index >= 15 is 0 Å². The van der Waals surface area contributed by atoms with E-state index in [0.717, 1.165) is 19.5 Å². The Morgan fingerprint density at radius 3 is 3.00 bits per heavy atom. The van der Waals surface area contributed by atoms with Gasteiger partial charge in [0.25, 0.3) is 5.91 Å². The molecule has 0 bridgehead atoms. The van der Waals surface area contributed by atoms with Gasteiger partial charge in [0.2, 0.25) is 0 Å². The molecule has 2 aliphatic heterocycles. The number of nitrogens with zero attached hydrogens (tertiary/aromatic N) is 2. The first kappa shape index (κ1) is 15.6. The molecular weight excluding hydrogens is 304 g/mol. The van der Waals surface area contributed by atoms with Crippen LogP contribution in [0.15, 0.2) is 18.2 Å². The van der Waals surface area contributed by atoms with Gasteiger partial charge < -0.3 is 19.3 Å². The highest BCUT2D eigenvalue weighted by Gasteiger charge is 2.38. The van der Waals surface area contributed by atoms with Crippen LogP contribution in [-0.2, 0) is 4.74 Å².